The lowest BCUT2D eigenvalue weighted by molar-refractivity contribution is 0.0779. The smallest absolute Gasteiger partial charge is 0.0917 e. The molecule has 0 aromatic heterocycles. The average molecular weight is 275 g/mol. The van der Waals surface area contributed by atoms with Crippen LogP contribution in [0, 0.1) is 0 Å². The Kier molecular flexibility index (Phi) is 4.27. The fraction of sp³-hybridized carbons (Fsp3) is 0.667. The summed E-state index contributed by atoms with van der Waals surface area (Å²) in [6.45, 7) is 13.0. The summed E-state index contributed by atoms with van der Waals surface area (Å²) in [6, 6.07) is 8.45. The molecule has 1 atom stereocenters. The maximum Gasteiger partial charge on any atom is 0.0917 e. The van der Waals surface area contributed by atoms with Crippen molar-refractivity contribution >= 4 is 0 Å². The Balaban J connectivity index is 2.04. The zero-order valence-corrected chi connectivity index (χ0v) is 13.6. The third kappa shape index (κ3) is 3.42. The lowest BCUT2D eigenvalue weighted by Crippen LogP contribution is -2.40. The maximum absolute atomic E-state index is 10.5. The number of nitrogens with zero attached hydrogens (tertiary/aromatic N) is 1. The van der Waals surface area contributed by atoms with Gasteiger partial charge in [-0.15, -0.1) is 0 Å². The fourth-order valence-electron chi connectivity index (χ4n) is 3.02. The van der Waals surface area contributed by atoms with Crippen molar-refractivity contribution < 1.29 is 5.11 Å². The van der Waals surface area contributed by atoms with Gasteiger partial charge in [0.15, 0.2) is 0 Å². The predicted molar refractivity (Wildman–Crippen MR) is 85.0 cm³/mol. The van der Waals surface area contributed by atoms with Crippen molar-refractivity contribution in [2.75, 3.05) is 13.1 Å². The van der Waals surface area contributed by atoms with Crippen molar-refractivity contribution in [3.63, 3.8) is 0 Å². The molecule has 1 saturated heterocycles. The van der Waals surface area contributed by atoms with Crippen molar-refractivity contribution in [3.8, 4) is 0 Å². The average Bonchev–Trinajstić information content (AvgIpc) is 2.68. The molecule has 20 heavy (non-hydrogen) atoms. The summed E-state index contributed by atoms with van der Waals surface area (Å²) < 4.78 is 0. The topological polar surface area (TPSA) is 23.5 Å². The van der Waals surface area contributed by atoms with Gasteiger partial charge in [-0.3, -0.25) is 4.90 Å². The van der Waals surface area contributed by atoms with Crippen molar-refractivity contribution in [3.05, 3.63) is 35.4 Å². The Hall–Kier alpha value is -0.860. The molecule has 1 heterocycles. The van der Waals surface area contributed by atoms with Gasteiger partial charge in [0.25, 0.3) is 0 Å². The highest BCUT2D eigenvalue weighted by molar-refractivity contribution is 5.28. The molecular formula is C18H29NO. The summed E-state index contributed by atoms with van der Waals surface area (Å²) in [5.41, 5.74) is 2.74. The first-order valence-corrected chi connectivity index (χ1v) is 7.74. The van der Waals surface area contributed by atoms with Crippen LogP contribution in [0.15, 0.2) is 24.3 Å². The molecule has 0 saturated carbocycles. The van der Waals surface area contributed by atoms with Crippen LogP contribution in [0.25, 0.3) is 0 Å². The molecule has 0 aliphatic carbocycles. The van der Waals surface area contributed by atoms with E-state index in [1.54, 1.807) is 0 Å². The number of hydrogen-bond donors (Lipinski definition) is 1. The van der Waals surface area contributed by atoms with Gasteiger partial charge in [-0.2, -0.15) is 0 Å². The minimum Gasteiger partial charge on any atom is -0.387 e. The Labute approximate surface area is 123 Å². The van der Waals surface area contributed by atoms with Crippen LogP contribution >= 0.6 is 0 Å². The summed E-state index contributed by atoms with van der Waals surface area (Å²) >= 11 is 0. The van der Waals surface area contributed by atoms with E-state index in [-0.39, 0.29) is 17.1 Å². The Bertz CT molecular complexity index is 441. The largest absolute Gasteiger partial charge is 0.387 e. The third-order valence-corrected chi connectivity index (χ3v) is 4.63. The molecule has 0 radical (unpaired) electrons. The minimum atomic E-state index is -0.388. The number of benzene rings is 1. The highest BCUT2D eigenvalue weighted by Crippen LogP contribution is 2.30. The molecule has 1 aliphatic heterocycles. The van der Waals surface area contributed by atoms with E-state index in [1.807, 2.05) is 0 Å². The summed E-state index contributed by atoms with van der Waals surface area (Å²) in [6.07, 6.45) is 2.08. The van der Waals surface area contributed by atoms with Crippen LogP contribution < -0.4 is 0 Å². The molecule has 0 amide bonds. The summed E-state index contributed by atoms with van der Waals surface area (Å²) in [5.74, 6) is 0. The van der Waals surface area contributed by atoms with E-state index in [1.165, 1.54) is 18.4 Å². The minimum absolute atomic E-state index is 0.167. The van der Waals surface area contributed by atoms with Gasteiger partial charge in [0.05, 0.1) is 6.10 Å². The molecule has 0 bridgehead atoms. The second-order valence-electron chi connectivity index (χ2n) is 7.75. The van der Waals surface area contributed by atoms with Crippen LogP contribution in [-0.4, -0.2) is 28.6 Å². The first-order chi connectivity index (χ1) is 9.20. The second-order valence-corrected chi connectivity index (χ2v) is 7.75. The highest BCUT2D eigenvalue weighted by Gasteiger charge is 2.33. The molecule has 0 spiro atoms. The fourth-order valence-corrected chi connectivity index (χ4v) is 3.02. The zero-order valence-electron chi connectivity index (χ0n) is 13.6. The molecule has 2 nitrogen and oxygen atoms in total. The Morgan fingerprint density at radius 3 is 2.25 bits per heavy atom. The molecule has 1 fully saturated rings. The summed E-state index contributed by atoms with van der Waals surface area (Å²) in [7, 11) is 0. The number of likely N-dealkylation sites (tertiary alicyclic amines) is 1. The number of rotatable bonds is 3. The Morgan fingerprint density at radius 2 is 1.80 bits per heavy atom. The van der Waals surface area contributed by atoms with E-state index in [0.29, 0.717) is 0 Å². The van der Waals surface area contributed by atoms with Gasteiger partial charge in [-0.25, -0.2) is 0 Å². The van der Waals surface area contributed by atoms with Crippen molar-refractivity contribution in [2.45, 2.75) is 64.5 Å². The van der Waals surface area contributed by atoms with E-state index in [9.17, 15) is 5.11 Å². The first-order valence-electron chi connectivity index (χ1n) is 7.74. The zero-order chi connectivity index (χ0) is 15.0. The normalized spacial score (nSPS) is 21.1. The van der Waals surface area contributed by atoms with Gasteiger partial charge in [-0.1, -0.05) is 45.0 Å². The molecule has 1 N–H and O–H groups in total. The van der Waals surface area contributed by atoms with E-state index in [0.717, 1.165) is 18.7 Å². The van der Waals surface area contributed by atoms with Crippen molar-refractivity contribution in [2.24, 2.45) is 0 Å². The summed E-state index contributed by atoms with van der Waals surface area (Å²) in [5, 5.41) is 10.5. The van der Waals surface area contributed by atoms with E-state index >= 15 is 0 Å². The van der Waals surface area contributed by atoms with Crippen LogP contribution in [0.2, 0.25) is 0 Å². The molecule has 1 aliphatic rings. The predicted octanol–water partition coefficient (Wildman–Crippen LogP) is 3.89. The van der Waals surface area contributed by atoms with Crippen LogP contribution in [0.4, 0.5) is 0 Å². The van der Waals surface area contributed by atoms with Crippen LogP contribution in [0.5, 0.6) is 0 Å². The van der Waals surface area contributed by atoms with Gasteiger partial charge in [-0.05, 0) is 49.8 Å². The monoisotopic (exact) mass is 275 g/mol. The lowest BCUT2D eigenvalue weighted by atomic mass is 9.86. The highest BCUT2D eigenvalue weighted by atomic mass is 16.3. The molecule has 1 aromatic rings. The number of aliphatic hydroxyl groups is 1. The van der Waals surface area contributed by atoms with E-state index in [4.69, 9.17) is 0 Å². The molecule has 2 heteroatoms. The van der Waals surface area contributed by atoms with Gasteiger partial charge >= 0.3 is 0 Å². The lowest BCUT2D eigenvalue weighted by Gasteiger charge is -2.33. The number of β-amino-alcohol motifs (C(OH)–C–C–N with tert-alkyl or cyclic N) is 1. The Morgan fingerprint density at radius 1 is 1.20 bits per heavy atom. The standard InChI is InChI=1S/C18H29NO/c1-17(2,3)15-9-7-14(8-10-15)16(20)13-19-12-6-11-18(19,4)5/h7-10,16,20H,6,11-13H2,1-5H3. The molecular weight excluding hydrogens is 246 g/mol. The van der Waals surface area contributed by atoms with Gasteiger partial charge in [0, 0.05) is 12.1 Å². The van der Waals surface area contributed by atoms with Crippen LogP contribution in [0.1, 0.15) is 64.7 Å². The molecule has 112 valence electrons. The van der Waals surface area contributed by atoms with Gasteiger partial charge in [0.2, 0.25) is 0 Å². The van der Waals surface area contributed by atoms with Crippen molar-refractivity contribution in [1.82, 2.24) is 4.90 Å². The maximum atomic E-state index is 10.5. The second kappa shape index (κ2) is 5.50. The van der Waals surface area contributed by atoms with E-state index in [2.05, 4.69) is 63.8 Å². The quantitative estimate of drug-likeness (QED) is 0.904. The summed E-state index contributed by atoms with van der Waals surface area (Å²) in [4.78, 5) is 2.41. The van der Waals surface area contributed by atoms with Crippen LogP contribution in [0.3, 0.4) is 0 Å². The molecule has 1 unspecified atom stereocenters. The molecule has 2 rings (SSSR count). The van der Waals surface area contributed by atoms with Gasteiger partial charge in [0.1, 0.15) is 0 Å². The third-order valence-electron chi connectivity index (χ3n) is 4.63. The SMILES string of the molecule is CC(C)(C)c1ccc(C(O)CN2CCCC2(C)C)cc1. The number of aliphatic hydroxyl groups excluding tert-OH is 1. The van der Waals surface area contributed by atoms with E-state index < -0.39 is 0 Å². The van der Waals surface area contributed by atoms with Crippen LogP contribution in [-0.2, 0) is 5.41 Å². The first kappa shape index (κ1) is 15.5. The molecule has 1 aromatic carbocycles. The van der Waals surface area contributed by atoms with Crippen molar-refractivity contribution in [1.29, 1.82) is 0 Å². The number of hydrogen-bond acceptors (Lipinski definition) is 2. The van der Waals surface area contributed by atoms with Gasteiger partial charge < -0.3 is 5.11 Å².